The van der Waals surface area contributed by atoms with Gasteiger partial charge in [0.25, 0.3) is 11.8 Å². The standard InChI is InChI=1S/C39H49ClN4O4/c1-3-4-5-6-7-8-9-10-11-15-25-41-38(46)31-20-23-33(40)34(27-31)43-39(47)37(48-32-21-18-29(2)19-22-32)36(45)35-24-26-42-44(35)28-30-16-13-12-14-17-30/h12-14,16-24,26-27,36-37,45H,3-11,15,25,28H2,1-2H3,(H,41,46)(H,43,47). The van der Waals surface area contributed by atoms with Crippen molar-refractivity contribution in [2.45, 2.75) is 96.8 Å². The maximum Gasteiger partial charge on any atom is 0.268 e. The van der Waals surface area contributed by atoms with E-state index in [2.05, 4.69) is 22.7 Å². The number of anilines is 1. The number of nitrogens with one attached hydrogen (secondary N) is 2. The quantitative estimate of drug-likeness (QED) is 0.0815. The maximum atomic E-state index is 13.8. The molecule has 0 aliphatic rings. The topological polar surface area (TPSA) is 105 Å². The van der Waals surface area contributed by atoms with E-state index in [1.165, 1.54) is 51.4 Å². The van der Waals surface area contributed by atoms with Gasteiger partial charge in [0, 0.05) is 18.3 Å². The number of amides is 2. The number of hydrogen-bond acceptors (Lipinski definition) is 5. The number of benzene rings is 3. The van der Waals surface area contributed by atoms with Crippen LogP contribution in [0.3, 0.4) is 0 Å². The van der Waals surface area contributed by atoms with Crippen molar-refractivity contribution in [3.8, 4) is 5.75 Å². The van der Waals surface area contributed by atoms with E-state index < -0.39 is 18.1 Å². The molecule has 1 aromatic heterocycles. The van der Waals surface area contributed by atoms with Gasteiger partial charge in [0.2, 0.25) is 6.10 Å². The molecule has 0 radical (unpaired) electrons. The zero-order chi connectivity index (χ0) is 34.1. The summed E-state index contributed by atoms with van der Waals surface area (Å²) >= 11 is 6.48. The highest BCUT2D eigenvalue weighted by atomic mass is 35.5. The Morgan fingerprint density at radius 2 is 1.54 bits per heavy atom. The predicted octanol–water partition coefficient (Wildman–Crippen LogP) is 8.66. The van der Waals surface area contributed by atoms with E-state index in [0.29, 0.717) is 30.1 Å². The van der Waals surface area contributed by atoms with Gasteiger partial charge in [-0.3, -0.25) is 14.3 Å². The van der Waals surface area contributed by atoms with Gasteiger partial charge >= 0.3 is 0 Å². The summed E-state index contributed by atoms with van der Waals surface area (Å²) in [6.45, 7) is 5.17. The lowest BCUT2D eigenvalue weighted by Crippen LogP contribution is -2.39. The Balaban J connectivity index is 1.38. The molecule has 48 heavy (non-hydrogen) atoms. The molecule has 0 aliphatic carbocycles. The first kappa shape index (κ1) is 36.7. The number of aromatic nitrogens is 2. The second kappa shape index (κ2) is 19.6. The van der Waals surface area contributed by atoms with Crippen LogP contribution >= 0.6 is 11.6 Å². The van der Waals surface area contributed by atoms with Crippen LogP contribution in [-0.2, 0) is 11.3 Å². The first-order valence-electron chi connectivity index (χ1n) is 17.2. The molecule has 2 unspecified atom stereocenters. The summed E-state index contributed by atoms with van der Waals surface area (Å²) in [4.78, 5) is 26.8. The van der Waals surface area contributed by atoms with Gasteiger partial charge in [0.15, 0.2) is 0 Å². The first-order valence-corrected chi connectivity index (χ1v) is 17.6. The summed E-state index contributed by atoms with van der Waals surface area (Å²) < 4.78 is 7.75. The Kier molecular flexibility index (Phi) is 15.0. The Bertz CT molecular complexity index is 1560. The summed E-state index contributed by atoms with van der Waals surface area (Å²) in [5.41, 5.74) is 3.05. The lowest BCUT2D eigenvalue weighted by molar-refractivity contribution is -0.128. The average Bonchev–Trinajstić information content (AvgIpc) is 3.56. The summed E-state index contributed by atoms with van der Waals surface area (Å²) in [5, 5.41) is 22.0. The highest BCUT2D eigenvalue weighted by molar-refractivity contribution is 6.34. The SMILES string of the molecule is CCCCCCCCCCCCNC(=O)c1ccc(Cl)c(NC(=O)C(Oc2ccc(C)cc2)C(O)c2ccnn2Cc2ccccc2)c1. The highest BCUT2D eigenvalue weighted by Gasteiger charge is 2.33. The number of unbranched alkanes of at least 4 members (excludes halogenated alkanes) is 9. The van der Waals surface area contributed by atoms with Crippen LogP contribution in [0, 0.1) is 6.92 Å². The van der Waals surface area contributed by atoms with Gasteiger partial charge in [0.1, 0.15) is 11.9 Å². The van der Waals surface area contributed by atoms with Gasteiger partial charge in [-0.1, -0.05) is 124 Å². The zero-order valence-corrected chi connectivity index (χ0v) is 28.9. The van der Waals surface area contributed by atoms with Gasteiger partial charge in [-0.25, -0.2) is 0 Å². The molecular weight excluding hydrogens is 624 g/mol. The summed E-state index contributed by atoms with van der Waals surface area (Å²) in [7, 11) is 0. The van der Waals surface area contributed by atoms with E-state index in [4.69, 9.17) is 16.3 Å². The van der Waals surface area contributed by atoms with Crippen molar-refractivity contribution >= 4 is 29.1 Å². The van der Waals surface area contributed by atoms with Crippen molar-refractivity contribution in [3.05, 3.63) is 112 Å². The molecule has 0 spiro atoms. The Hall–Kier alpha value is -4.14. The smallest absolute Gasteiger partial charge is 0.268 e. The molecule has 1 heterocycles. The molecule has 4 rings (SSSR count). The molecule has 0 aliphatic heterocycles. The third kappa shape index (κ3) is 11.5. The Morgan fingerprint density at radius 3 is 2.23 bits per heavy atom. The largest absolute Gasteiger partial charge is 0.477 e. The molecule has 0 saturated heterocycles. The molecule has 8 nitrogen and oxygen atoms in total. The predicted molar refractivity (Wildman–Crippen MR) is 193 cm³/mol. The minimum absolute atomic E-state index is 0.240. The number of ether oxygens (including phenoxy) is 1. The molecule has 9 heteroatoms. The van der Waals surface area contributed by atoms with Gasteiger partial charge < -0.3 is 20.5 Å². The van der Waals surface area contributed by atoms with Gasteiger partial charge in [0.05, 0.1) is 22.9 Å². The molecular formula is C39H49ClN4O4. The van der Waals surface area contributed by atoms with E-state index in [9.17, 15) is 14.7 Å². The van der Waals surface area contributed by atoms with E-state index in [1.54, 1.807) is 47.3 Å². The number of hydrogen-bond donors (Lipinski definition) is 3. The first-order chi connectivity index (χ1) is 23.4. The third-order valence-corrected chi connectivity index (χ3v) is 8.69. The van der Waals surface area contributed by atoms with Gasteiger partial charge in [-0.05, 0) is 55.3 Å². The molecule has 3 N–H and O–H groups in total. The molecule has 0 bridgehead atoms. The molecule has 0 saturated carbocycles. The van der Waals surface area contributed by atoms with Crippen molar-refractivity contribution < 1.29 is 19.4 Å². The molecule has 256 valence electrons. The average molecular weight is 673 g/mol. The van der Waals surface area contributed by atoms with E-state index in [1.807, 2.05) is 49.4 Å². The lowest BCUT2D eigenvalue weighted by atomic mass is 10.1. The number of aliphatic hydroxyl groups is 1. The molecule has 0 fully saturated rings. The van der Waals surface area contributed by atoms with Crippen LogP contribution in [0.1, 0.15) is 104 Å². The van der Waals surface area contributed by atoms with E-state index in [-0.39, 0.29) is 16.6 Å². The number of aliphatic hydroxyl groups excluding tert-OH is 1. The number of rotatable bonds is 20. The fourth-order valence-corrected chi connectivity index (χ4v) is 5.71. The van der Waals surface area contributed by atoms with Gasteiger partial charge in [-0.2, -0.15) is 5.10 Å². The molecule has 2 atom stereocenters. The van der Waals surface area contributed by atoms with Crippen LogP contribution in [0.5, 0.6) is 5.75 Å². The maximum absolute atomic E-state index is 13.8. The summed E-state index contributed by atoms with van der Waals surface area (Å²) in [6.07, 6.45) is 11.1. The van der Waals surface area contributed by atoms with Crippen molar-refractivity contribution in [1.29, 1.82) is 0 Å². The van der Waals surface area contributed by atoms with Gasteiger partial charge in [-0.15, -0.1) is 0 Å². The van der Waals surface area contributed by atoms with Crippen molar-refractivity contribution in [2.24, 2.45) is 0 Å². The zero-order valence-electron chi connectivity index (χ0n) is 28.2. The normalized spacial score (nSPS) is 12.3. The fraction of sp³-hybridized carbons (Fsp3) is 0.410. The summed E-state index contributed by atoms with van der Waals surface area (Å²) in [6, 6.07) is 23.4. The van der Waals surface area contributed by atoms with Crippen LogP contribution in [0.2, 0.25) is 5.02 Å². The van der Waals surface area contributed by atoms with Crippen molar-refractivity contribution in [3.63, 3.8) is 0 Å². The second-order valence-corrected chi connectivity index (χ2v) is 12.7. The molecule has 2 amide bonds. The number of nitrogens with zero attached hydrogens (tertiary/aromatic N) is 2. The Labute approximate surface area is 289 Å². The van der Waals surface area contributed by atoms with E-state index >= 15 is 0 Å². The minimum Gasteiger partial charge on any atom is -0.477 e. The highest BCUT2D eigenvalue weighted by Crippen LogP contribution is 2.28. The third-order valence-electron chi connectivity index (χ3n) is 8.36. The minimum atomic E-state index is -1.37. The number of aryl methyl sites for hydroxylation is 1. The fourth-order valence-electron chi connectivity index (χ4n) is 5.55. The van der Waals surface area contributed by atoms with Crippen molar-refractivity contribution in [2.75, 3.05) is 11.9 Å². The van der Waals surface area contributed by atoms with Crippen LogP contribution in [-0.4, -0.2) is 39.4 Å². The monoisotopic (exact) mass is 672 g/mol. The number of carbonyl (C=O) groups excluding carboxylic acids is 2. The number of halogens is 1. The molecule has 4 aromatic rings. The van der Waals surface area contributed by atoms with Crippen LogP contribution in [0.15, 0.2) is 85.1 Å². The van der Waals surface area contributed by atoms with Crippen molar-refractivity contribution in [1.82, 2.24) is 15.1 Å². The number of carbonyl (C=O) groups is 2. The van der Waals surface area contributed by atoms with E-state index in [0.717, 1.165) is 24.0 Å². The van der Waals surface area contributed by atoms with Crippen LogP contribution in [0.4, 0.5) is 5.69 Å². The summed E-state index contributed by atoms with van der Waals surface area (Å²) in [5.74, 6) is -0.448. The lowest BCUT2D eigenvalue weighted by Gasteiger charge is -2.24. The van der Waals surface area contributed by atoms with Crippen LogP contribution in [0.25, 0.3) is 0 Å². The van der Waals surface area contributed by atoms with Crippen LogP contribution < -0.4 is 15.4 Å². The second-order valence-electron chi connectivity index (χ2n) is 12.3. The molecule has 3 aromatic carbocycles. The Morgan fingerprint density at radius 1 is 0.875 bits per heavy atom.